The molecule has 0 atom stereocenters. The zero-order chi connectivity index (χ0) is 15.5. The molecule has 2 aromatic carbocycles. The molecule has 3 nitrogen and oxygen atoms in total. The summed E-state index contributed by atoms with van der Waals surface area (Å²) in [6, 6.07) is 16.6. The molecule has 0 unspecified atom stereocenters. The van der Waals surface area contributed by atoms with Gasteiger partial charge in [0.25, 0.3) is 0 Å². The fraction of sp³-hybridized carbons (Fsp3) is 0.211. The quantitative estimate of drug-likeness (QED) is 0.691. The van der Waals surface area contributed by atoms with E-state index in [1.807, 2.05) is 30.3 Å². The fourth-order valence-electron chi connectivity index (χ4n) is 2.61. The number of hydrogen-bond acceptors (Lipinski definition) is 2. The Hall–Kier alpha value is -2.55. The van der Waals surface area contributed by atoms with Crippen molar-refractivity contribution in [3.63, 3.8) is 0 Å². The van der Waals surface area contributed by atoms with Crippen molar-refractivity contribution >= 4 is 23.2 Å². The van der Waals surface area contributed by atoms with Crippen LogP contribution in [0.3, 0.4) is 0 Å². The van der Waals surface area contributed by atoms with E-state index in [2.05, 4.69) is 48.8 Å². The van der Waals surface area contributed by atoms with Gasteiger partial charge in [-0.25, -0.2) is 4.98 Å². The standard InChI is InChI=1S/C19H20N2O/c1-14(2)21-18-7-5-4-6-17(18)20-19(21)13-10-15-8-11-16(22-3)12-9-15/h4-14H,1-3H3/b13-10+. The summed E-state index contributed by atoms with van der Waals surface area (Å²) in [4.78, 5) is 4.73. The number of aromatic nitrogens is 2. The molecule has 0 N–H and O–H groups in total. The second-order valence-corrected chi connectivity index (χ2v) is 5.53. The molecule has 0 aliphatic carbocycles. The van der Waals surface area contributed by atoms with E-state index in [1.54, 1.807) is 7.11 Å². The second kappa shape index (κ2) is 6.06. The smallest absolute Gasteiger partial charge is 0.134 e. The van der Waals surface area contributed by atoms with E-state index >= 15 is 0 Å². The number of fused-ring (bicyclic) bond motifs is 1. The number of para-hydroxylation sites is 2. The summed E-state index contributed by atoms with van der Waals surface area (Å²) >= 11 is 0. The van der Waals surface area contributed by atoms with Gasteiger partial charge in [0, 0.05) is 6.04 Å². The monoisotopic (exact) mass is 292 g/mol. The molecule has 1 aromatic heterocycles. The minimum absolute atomic E-state index is 0.364. The van der Waals surface area contributed by atoms with Crippen molar-refractivity contribution < 1.29 is 4.74 Å². The van der Waals surface area contributed by atoms with Gasteiger partial charge in [0.2, 0.25) is 0 Å². The van der Waals surface area contributed by atoms with Gasteiger partial charge in [-0.3, -0.25) is 0 Å². The molecular formula is C19H20N2O. The molecule has 0 radical (unpaired) electrons. The van der Waals surface area contributed by atoms with Crippen molar-refractivity contribution in [2.45, 2.75) is 19.9 Å². The largest absolute Gasteiger partial charge is 0.497 e. The highest BCUT2D eigenvalue weighted by Gasteiger charge is 2.10. The minimum atomic E-state index is 0.364. The Labute approximate surface area is 130 Å². The third kappa shape index (κ3) is 2.75. The summed E-state index contributed by atoms with van der Waals surface area (Å²) in [6.45, 7) is 4.36. The normalized spacial score (nSPS) is 11.6. The first-order chi connectivity index (χ1) is 10.7. The van der Waals surface area contributed by atoms with Crippen LogP contribution in [0.15, 0.2) is 48.5 Å². The van der Waals surface area contributed by atoms with Crippen LogP contribution in [0, 0.1) is 0 Å². The summed E-state index contributed by atoms with van der Waals surface area (Å²) in [5, 5.41) is 0. The molecule has 1 heterocycles. The zero-order valence-electron chi connectivity index (χ0n) is 13.2. The van der Waals surface area contributed by atoms with Crippen molar-refractivity contribution in [1.29, 1.82) is 0 Å². The van der Waals surface area contributed by atoms with Crippen molar-refractivity contribution in [1.82, 2.24) is 9.55 Å². The molecule has 3 aromatic rings. The van der Waals surface area contributed by atoms with E-state index < -0.39 is 0 Å². The molecule has 0 aliphatic heterocycles. The van der Waals surface area contributed by atoms with Gasteiger partial charge in [-0.2, -0.15) is 0 Å². The van der Waals surface area contributed by atoms with Gasteiger partial charge in [-0.15, -0.1) is 0 Å². The Morgan fingerprint density at radius 2 is 1.73 bits per heavy atom. The van der Waals surface area contributed by atoms with Crippen molar-refractivity contribution in [2.75, 3.05) is 7.11 Å². The van der Waals surface area contributed by atoms with Gasteiger partial charge >= 0.3 is 0 Å². The Morgan fingerprint density at radius 1 is 1.00 bits per heavy atom. The number of imidazole rings is 1. The van der Waals surface area contributed by atoms with E-state index in [1.165, 1.54) is 5.52 Å². The zero-order valence-corrected chi connectivity index (χ0v) is 13.2. The van der Waals surface area contributed by atoms with Crippen LogP contribution in [0.4, 0.5) is 0 Å². The van der Waals surface area contributed by atoms with Crippen LogP contribution in [-0.4, -0.2) is 16.7 Å². The third-order valence-corrected chi connectivity index (χ3v) is 3.68. The summed E-state index contributed by atoms with van der Waals surface area (Å²) in [5.74, 6) is 1.85. The lowest BCUT2D eigenvalue weighted by molar-refractivity contribution is 0.415. The van der Waals surface area contributed by atoms with Crippen LogP contribution in [0.1, 0.15) is 31.3 Å². The fourth-order valence-corrected chi connectivity index (χ4v) is 2.61. The first-order valence-electron chi connectivity index (χ1n) is 7.48. The summed E-state index contributed by atoms with van der Waals surface area (Å²) in [5.41, 5.74) is 3.33. The van der Waals surface area contributed by atoms with Crippen LogP contribution in [0.5, 0.6) is 5.75 Å². The molecular weight excluding hydrogens is 272 g/mol. The highest BCUT2D eigenvalue weighted by atomic mass is 16.5. The molecule has 22 heavy (non-hydrogen) atoms. The van der Waals surface area contributed by atoms with E-state index in [0.717, 1.165) is 22.7 Å². The highest BCUT2D eigenvalue weighted by Crippen LogP contribution is 2.22. The second-order valence-electron chi connectivity index (χ2n) is 5.53. The van der Waals surface area contributed by atoms with Gasteiger partial charge in [-0.1, -0.05) is 30.3 Å². The average molecular weight is 292 g/mol. The van der Waals surface area contributed by atoms with Crippen molar-refractivity contribution in [3.8, 4) is 5.75 Å². The predicted octanol–water partition coefficient (Wildman–Crippen LogP) is 4.80. The molecule has 0 spiro atoms. The molecule has 0 fully saturated rings. The van der Waals surface area contributed by atoms with Gasteiger partial charge in [0.05, 0.1) is 18.1 Å². The van der Waals surface area contributed by atoms with E-state index in [-0.39, 0.29) is 0 Å². The first-order valence-corrected chi connectivity index (χ1v) is 7.48. The maximum atomic E-state index is 5.18. The Balaban J connectivity index is 1.98. The molecule has 0 amide bonds. The Kier molecular flexibility index (Phi) is 3.96. The molecule has 0 saturated carbocycles. The predicted molar refractivity (Wildman–Crippen MR) is 92.0 cm³/mol. The number of rotatable bonds is 4. The number of nitrogens with zero attached hydrogens (tertiary/aromatic N) is 2. The number of benzene rings is 2. The van der Waals surface area contributed by atoms with Gasteiger partial charge < -0.3 is 9.30 Å². The van der Waals surface area contributed by atoms with Crippen LogP contribution in [0.2, 0.25) is 0 Å². The average Bonchev–Trinajstić information content (AvgIpc) is 2.92. The lowest BCUT2D eigenvalue weighted by atomic mass is 10.2. The molecule has 0 saturated heterocycles. The van der Waals surface area contributed by atoms with Crippen molar-refractivity contribution in [3.05, 3.63) is 59.9 Å². The summed E-state index contributed by atoms with van der Waals surface area (Å²) in [7, 11) is 1.68. The SMILES string of the molecule is COc1ccc(/C=C/c2nc3ccccc3n2C(C)C)cc1. The maximum absolute atomic E-state index is 5.18. The number of methoxy groups -OCH3 is 1. The first kappa shape index (κ1) is 14.4. The number of hydrogen-bond donors (Lipinski definition) is 0. The van der Waals surface area contributed by atoms with Crippen LogP contribution >= 0.6 is 0 Å². The minimum Gasteiger partial charge on any atom is -0.497 e. The third-order valence-electron chi connectivity index (χ3n) is 3.68. The van der Waals surface area contributed by atoms with E-state index in [9.17, 15) is 0 Å². The van der Waals surface area contributed by atoms with Gasteiger partial charge in [0.1, 0.15) is 11.6 Å². The van der Waals surface area contributed by atoms with Crippen LogP contribution in [-0.2, 0) is 0 Å². The van der Waals surface area contributed by atoms with Crippen LogP contribution in [0.25, 0.3) is 23.2 Å². The van der Waals surface area contributed by atoms with Gasteiger partial charge in [0.15, 0.2) is 0 Å². The summed E-state index contributed by atoms with van der Waals surface area (Å²) < 4.78 is 7.44. The van der Waals surface area contributed by atoms with Crippen molar-refractivity contribution in [2.24, 2.45) is 0 Å². The topological polar surface area (TPSA) is 27.1 Å². The Morgan fingerprint density at radius 3 is 2.41 bits per heavy atom. The van der Waals surface area contributed by atoms with E-state index in [0.29, 0.717) is 6.04 Å². The lowest BCUT2D eigenvalue weighted by Crippen LogP contribution is -2.02. The summed E-state index contributed by atoms with van der Waals surface area (Å²) in [6.07, 6.45) is 4.15. The molecule has 3 heteroatoms. The maximum Gasteiger partial charge on any atom is 0.134 e. The molecule has 3 rings (SSSR count). The number of ether oxygens (including phenoxy) is 1. The molecule has 0 bridgehead atoms. The van der Waals surface area contributed by atoms with Crippen LogP contribution < -0.4 is 4.74 Å². The van der Waals surface area contributed by atoms with E-state index in [4.69, 9.17) is 9.72 Å². The molecule has 112 valence electrons. The lowest BCUT2D eigenvalue weighted by Gasteiger charge is -2.10. The molecule has 0 aliphatic rings. The van der Waals surface area contributed by atoms with Gasteiger partial charge in [-0.05, 0) is 49.8 Å². The highest BCUT2D eigenvalue weighted by molar-refractivity contribution is 5.80. The Bertz CT molecular complexity index is 798.